The third-order valence-electron chi connectivity index (χ3n) is 2.21. The minimum Gasteiger partial charge on any atom is -0.496 e. The van der Waals surface area contributed by atoms with E-state index >= 15 is 0 Å². The number of ether oxygens (including phenoxy) is 1. The molecule has 0 fully saturated rings. The number of nitro benzene ring substituents is 1. The number of nitrogens with zero attached hydrogens (tertiary/aromatic N) is 6. The second kappa shape index (κ2) is 5.08. The van der Waals surface area contributed by atoms with Gasteiger partial charge < -0.3 is 10.5 Å². The zero-order chi connectivity index (χ0) is 13.8. The number of nitrogens with two attached hydrogens (primary N) is 1. The van der Waals surface area contributed by atoms with Crippen molar-refractivity contribution in [3.63, 3.8) is 0 Å². The first-order valence-electron chi connectivity index (χ1n) is 5.02. The third-order valence-corrected chi connectivity index (χ3v) is 2.21. The highest BCUT2D eigenvalue weighted by Crippen LogP contribution is 2.22. The number of hydrogen-bond donors (Lipinski definition) is 1. The molecule has 0 saturated carbocycles. The fourth-order valence-corrected chi connectivity index (χ4v) is 1.32. The van der Waals surface area contributed by atoms with Crippen LogP contribution >= 0.6 is 0 Å². The van der Waals surface area contributed by atoms with Gasteiger partial charge in [-0.3, -0.25) is 10.1 Å². The van der Waals surface area contributed by atoms with E-state index in [1.807, 2.05) is 0 Å². The van der Waals surface area contributed by atoms with Gasteiger partial charge in [0.1, 0.15) is 5.75 Å². The van der Waals surface area contributed by atoms with E-state index in [0.29, 0.717) is 11.3 Å². The van der Waals surface area contributed by atoms with Crippen molar-refractivity contribution >= 4 is 17.9 Å². The van der Waals surface area contributed by atoms with E-state index in [9.17, 15) is 10.1 Å². The first-order chi connectivity index (χ1) is 9.11. The summed E-state index contributed by atoms with van der Waals surface area (Å²) >= 11 is 0. The maximum Gasteiger partial charge on any atom is 0.270 e. The highest BCUT2D eigenvalue weighted by Gasteiger charge is 2.10. The predicted molar refractivity (Wildman–Crippen MR) is 64.9 cm³/mol. The highest BCUT2D eigenvalue weighted by molar-refractivity contribution is 5.84. The van der Waals surface area contributed by atoms with Crippen LogP contribution in [0.2, 0.25) is 0 Å². The molecule has 10 nitrogen and oxygen atoms in total. The normalized spacial score (nSPS) is 10.8. The number of nitrogen functional groups attached to an aromatic ring is 1. The van der Waals surface area contributed by atoms with E-state index in [-0.39, 0.29) is 11.6 Å². The van der Waals surface area contributed by atoms with E-state index < -0.39 is 4.92 Å². The lowest BCUT2D eigenvalue weighted by molar-refractivity contribution is -0.384. The molecule has 10 heteroatoms. The number of aromatic nitrogens is 4. The molecule has 0 radical (unpaired) electrons. The fourth-order valence-electron chi connectivity index (χ4n) is 1.32. The minimum atomic E-state index is -0.512. The molecule has 2 aromatic rings. The summed E-state index contributed by atoms with van der Waals surface area (Å²) in [6.07, 6.45) is 1.32. The lowest BCUT2D eigenvalue weighted by Crippen LogP contribution is -2.01. The summed E-state index contributed by atoms with van der Waals surface area (Å²) < 4.78 is 5.07. The Hall–Kier alpha value is -3.04. The topological polar surface area (TPSA) is 134 Å². The Morgan fingerprint density at radius 1 is 1.58 bits per heavy atom. The van der Waals surface area contributed by atoms with Crippen LogP contribution < -0.4 is 10.5 Å². The van der Waals surface area contributed by atoms with E-state index in [2.05, 4.69) is 20.6 Å². The van der Waals surface area contributed by atoms with E-state index in [4.69, 9.17) is 10.5 Å². The molecular formula is C9H9N7O3. The molecule has 0 aliphatic rings. The highest BCUT2D eigenvalue weighted by atomic mass is 16.6. The third kappa shape index (κ3) is 2.62. The zero-order valence-electron chi connectivity index (χ0n) is 9.79. The van der Waals surface area contributed by atoms with Crippen LogP contribution in [0.5, 0.6) is 5.75 Å². The molecule has 0 bridgehead atoms. The van der Waals surface area contributed by atoms with Gasteiger partial charge in [-0.15, -0.1) is 0 Å². The number of non-ortho nitro benzene ring substituents is 1. The number of benzene rings is 1. The molecule has 98 valence electrons. The number of tetrazole rings is 1. The average molecular weight is 263 g/mol. The van der Waals surface area contributed by atoms with Gasteiger partial charge in [-0.25, -0.2) is 0 Å². The van der Waals surface area contributed by atoms with Crippen molar-refractivity contribution in [2.75, 3.05) is 12.8 Å². The summed E-state index contributed by atoms with van der Waals surface area (Å²) in [5.74, 6) is 0.432. The Morgan fingerprint density at radius 2 is 2.37 bits per heavy atom. The van der Waals surface area contributed by atoms with Crippen LogP contribution in [0, 0.1) is 10.1 Å². The summed E-state index contributed by atoms with van der Waals surface area (Å²) in [6.45, 7) is 0. The Morgan fingerprint density at radius 3 is 2.95 bits per heavy atom. The minimum absolute atomic E-state index is 0.000600. The van der Waals surface area contributed by atoms with Gasteiger partial charge in [-0.1, -0.05) is 9.89 Å². The summed E-state index contributed by atoms with van der Waals surface area (Å²) in [6, 6.07) is 4.13. The Kier molecular flexibility index (Phi) is 3.32. The maximum atomic E-state index is 10.7. The van der Waals surface area contributed by atoms with Crippen molar-refractivity contribution in [1.82, 2.24) is 20.3 Å². The molecule has 0 spiro atoms. The molecule has 19 heavy (non-hydrogen) atoms. The molecule has 1 aromatic carbocycles. The number of anilines is 1. The van der Waals surface area contributed by atoms with Crippen molar-refractivity contribution in [2.45, 2.75) is 0 Å². The van der Waals surface area contributed by atoms with Crippen LogP contribution in [-0.4, -0.2) is 38.6 Å². The average Bonchev–Trinajstić information content (AvgIpc) is 2.81. The lowest BCUT2D eigenvalue weighted by Gasteiger charge is -2.03. The second-order valence-electron chi connectivity index (χ2n) is 3.35. The van der Waals surface area contributed by atoms with Gasteiger partial charge in [-0.05, 0) is 16.5 Å². The van der Waals surface area contributed by atoms with Crippen molar-refractivity contribution in [3.8, 4) is 5.75 Å². The molecule has 1 heterocycles. The number of hydrogen-bond acceptors (Lipinski definition) is 8. The summed E-state index contributed by atoms with van der Waals surface area (Å²) in [5.41, 5.74) is 5.76. The fraction of sp³-hybridized carbons (Fsp3) is 0.111. The quantitative estimate of drug-likeness (QED) is 0.467. The summed E-state index contributed by atoms with van der Waals surface area (Å²) in [7, 11) is 1.45. The van der Waals surface area contributed by atoms with Gasteiger partial charge >= 0.3 is 0 Å². The zero-order valence-corrected chi connectivity index (χ0v) is 9.79. The van der Waals surface area contributed by atoms with Gasteiger partial charge in [-0.2, -0.15) is 5.10 Å². The number of methoxy groups -OCH3 is 1. The number of nitro groups is 1. The molecule has 0 unspecified atom stereocenters. The smallest absolute Gasteiger partial charge is 0.270 e. The maximum absolute atomic E-state index is 10.7. The van der Waals surface area contributed by atoms with Crippen LogP contribution in [0.1, 0.15) is 5.56 Å². The molecule has 0 atom stereocenters. The van der Waals surface area contributed by atoms with Crippen LogP contribution in [0.4, 0.5) is 11.6 Å². The van der Waals surface area contributed by atoms with E-state index in [1.165, 1.54) is 31.5 Å². The summed E-state index contributed by atoms with van der Waals surface area (Å²) in [5, 5.41) is 24.8. The first kappa shape index (κ1) is 12.4. The second-order valence-corrected chi connectivity index (χ2v) is 3.35. The van der Waals surface area contributed by atoms with Crippen molar-refractivity contribution in [3.05, 3.63) is 33.9 Å². The predicted octanol–water partition coefficient (Wildman–Crippen LogP) is 0.0543. The van der Waals surface area contributed by atoms with Crippen LogP contribution in [0.25, 0.3) is 0 Å². The SMILES string of the molecule is COc1ccc([N+](=O)[O-])cc1/C=N\n1nnnc1N. The van der Waals surface area contributed by atoms with Crippen molar-refractivity contribution in [2.24, 2.45) is 5.10 Å². The molecule has 0 aliphatic carbocycles. The molecule has 0 amide bonds. The van der Waals surface area contributed by atoms with Gasteiger partial charge in [0.15, 0.2) is 0 Å². The van der Waals surface area contributed by atoms with Crippen LogP contribution in [0.15, 0.2) is 23.3 Å². The standard InChI is InChI=1S/C9H9N7O3/c1-19-8-3-2-7(16(17)18)4-6(8)5-11-15-9(10)12-13-14-15/h2-5H,1H3,(H2,10,12,14)/b11-5-. The molecular weight excluding hydrogens is 254 g/mol. The number of rotatable bonds is 4. The molecule has 2 N–H and O–H groups in total. The summed E-state index contributed by atoms with van der Waals surface area (Å²) in [4.78, 5) is 11.2. The van der Waals surface area contributed by atoms with Crippen molar-refractivity contribution in [1.29, 1.82) is 0 Å². The molecule has 2 rings (SSSR count). The largest absolute Gasteiger partial charge is 0.496 e. The Bertz CT molecular complexity index is 636. The molecule has 0 aliphatic heterocycles. The van der Waals surface area contributed by atoms with Crippen molar-refractivity contribution < 1.29 is 9.66 Å². The Balaban J connectivity index is 2.37. The van der Waals surface area contributed by atoms with Gasteiger partial charge in [0, 0.05) is 17.7 Å². The lowest BCUT2D eigenvalue weighted by atomic mass is 10.2. The van der Waals surface area contributed by atoms with Gasteiger partial charge in [0.05, 0.1) is 18.2 Å². The molecule has 0 saturated heterocycles. The van der Waals surface area contributed by atoms with E-state index in [1.54, 1.807) is 0 Å². The Labute approximate surface area is 106 Å². The molecule has 1 aromatic heterocycles. The first-order valence-corrected chi connectivity index (χ1v) is 5.02. The van der Waals surface area contributed by atoms with Gasteiger partial charge in [0.2, 0.25) is 0 Å². The monoisotopic (exact) mass is 263 g/mol. The van der Waals surface area contributed by atoms with Crippen LogP contribution in [0.3, 0.4) is 0 Å². The van der Waals surface area contributed by atoms with Crippen LogP contribution in [-0.2, 0) is 0 Å². The van der Waals surface area contributed by atoms with Gasteiger partial charge in [0.25, 0.3) is 11.6 Å². The van der Waals surface area contributed by atoms with E-state index in [0.717, 1.165) is 4.79 Å².